The van der Waals surface area contributed by atoms with Gasteiger partial charge in [-0.1, -0.05) is 0 Å². The van der Waals surface area contributed by atoms with Crippen LogP contribution in [0.4, 0.5) is 0 Å². The van der Waals surface area contributed by atoms with Crippen molar-refractivity contribution in [2.45, 2.75) is 12.5 Å². The second-order valence-corrected chi connectivity index (χ2v) is 5.25. The van der Waals surface area contributed by atoms with Crippen molar-refractivity contribution in [2.24, 2.45) is 5.92 Å². The van der Waals surface area contributed by atoms with E-state index in [0.29, 0.717) is 5.92 Å². The summed E-state index contributed by atoms with van der Waals surface area (Å²) in [6.07, 6.45) is 1.07. The minimum Gasteiger partial charge on any atom is -0.391 e. The minimum atomic E-state index is -0.122. The Bertz CT molecular complexity index is 168. The highest BCUT2D eigenvalue weighted by molar-refractivity contribution is 7.99. The van der Waals surface area contributed by atoms with Crippen LogP contribution in [0.25, 0.3) is 0 Å². The smallest absolute Gasteiger partial charge is 0.0703 e. The molecule has 14 heavy (non-hydrogen) atoms. The zero-order valence-corrected chi connectivity index (χ0v) is 9.34. The van der Waals surface area contributed by atoms with Crippen molar-refractivity contribution in [2.75, 3.05) is 44.4 Å². The predicted octanol–water partition coefficient (Wildman–Crippen LogP) is 0.433. The molecule has 0 radical (unpaired) electrons. The quantitative estimate of drug-likeness (QED) is 0.743. The Kier molecular flexibility index (Phi) is 4.10. The van der Waals surface area contributed by atoms with Crippen molar-refractivity contribution >= 4 is 11.8 Å². The third-order valence-electron chi connectivity index (χ3n) is 3.06. The van der Waals surface area contributed by atoms with Crippen LogP contribution in [0.1, 0.15) is 6.42 Å². The predicted molar refractivity (Wildman–Crippen MR) is 58.7 cm³/mol. The summed E-state index contributed by atoms with van der Waals surface area (Å²) in [6, 6.07) is 0. The third kappa shape index (κ3) is 2.86. The largest absolute Gasteiger partial charge is 0.391 e. The van der Waals surface area contributed by atoms with E-state index in [2.05, 4.69) is 4.90 Å². The van der Waals surface area contributed by atoms with Crippen molar-refractivity contribution in [3.05, 3.63) is 0 Å². The molecular weight excluding hydrogens is 198 g/mol. The Morgan fingerprint density at radius 3 is 2.86 bits per heavy atom. The highest BCUT2D eigenvalue weighted by Gasteiger charge is 2.25. The first-order valence-electron chi connectivity index (χ1n) is 5.42. The van der Waals surface area contributed by atoms with Crippen molar-refractivity contribution in [1.82, 2.24) is 4.90 Å². The van der Waals surface area contributed by atoms with Gasteiger partial charge in [0, 0.05) is 19.6 Å². The number of thioether (sulfide) groups is 1. The average molecular weight is 217 g/mol. The highest BCUT2D eigenvalue weighted by atomic mass is 32.2. The second kappa shape index (κ2) is 5.35. The van der Waals surface area contributed by atoms with E-state index in [4.69, 9.17) is 4.74 Å². The van der Waals surface area contributed by atoms with Gasteiger partial charge < -0.3 is 9.84 Å². The van der Waals surface area contributed by atoms with Gasteiger partial charge in [-0.2, -0.15) is 11.8 Å². The second-order valence-electron chi connectivity index (χ2n) is 4.10. The lowest BCUT2D eigenvalue weighted by molar-refractivity contribution is 0.00382. The molecule has 0 aromatic heterocycles. The van der Waals surface area contributed by atoms with Crippen molar-refractivity contribution < 1.29 is 9.84 Å². The SMILES string of the molecule is OC(CN1CCOCC1)C1CCSC1. The fraction of sp³-hybridized carbons (Fsp3) is 1.00. The number of morpholine rings is 1. The first kappa shape index (κ1) is 10.7. The standard InChI is InChI=1S/C10H19NO2S/c12-10(9-1-6-14-8-9)7-11-2-4-13-5-3-11/h9-10,12H,1-8H2. The summed E-state index contributed by atoms with van der Waals surface area (Å²) < 4.78 is 5.28. The third-order valence-corrected chi connectivity index (χ3v) is 4.25. The lowest BCUT2D eigenvalue weighted by Crippen LogP contribution is -2.43. The number of hydrogen-bond donors (Lipinski definition) is 1. The first-order chi connectivity index (χ1) is 6.86. The molecule has 2 fully saturated rings. The fourth-order valence-electron chi connectivity index (χ4n) is 2.05. The van der Waals surface area contributed by atoms with Crippen LogP contribution in [-0.2, 0) is 4.74 Å². The lowest BCUT2D eigenvalue weighted by Gasteiger charge is -2.30. The summed E-state index contributed by atoms with van der Waals surface area (Å²) >= 11 is 1.97. The van der Waals surface area contributed by atoms with Gasteiger partial charge in [0.05, 0.1) is 19.3 Å². The summed E-state index contributed by atoms with van der Waals surface area (Å²) in [6.45, 7) is 4.46. The van der Waals surface area contributed by atoms with Gasteiger partial charge in [-0.05, 0) is 23.8 Å². The molecular formula is C10H19NO2S. The van der Waals surface area contributed by atoms with Gasteiger partial charge in [0.15, 0.2) is 0 Å². The summed E-state index contributed by atoms with van der Waals surface area (Å²) in [5, 5.41) is 10.0. The molecule has 2 saturated heterocycles. The first-order valence-corrected chi connectivity index (χ1v) is 6.57. The molecule has 2 heterocycles. The zero-order chi connectivity index (χ0) is 9.80. The molecule has 82 valence electrons. The van der Waals surface area contributed by atoms with Crippen LogP contribution >= 0.6 is 11.8 Å². The molecule has 0 saturated carbocycles. The number of aliphatic hydroxyl groups is 1. The topological polar surface area (TPSA) is 32.7 Å². The van der Waals surface area contributed by atoms with Gasteiger partial charge >= 0.3 is 0 Å². The Morgan fingerprint density at radius 2 is 2.21 bits per heavy atom. The maximum absolute atomic E-state index is 10.0. The van der Waals surface area contributed by atoms with Gasteiger partial charge in [0.1, 0.15) is 0 Å². The summed E-state index contributed by atoms with van der Waals surface area (Å²) in [7, 11) is 0. The lowest BCUT2D eigenvalue weighted by atomic mass is 10.0. The van der Waals surface area contributed by atoms with Gasteiger partial charge in [0.25, 0.3) is 0 Å². The number of ether oxygens (including phenoxy) is 1. The zero-order valence-electron chi connectivity index (χ0n) is 8.52. The van der Waals surface area contributed by atoms with Crippen LogP contribution in [0.2, 0.25) is 0 Å². The molecule has 0 aromatic carbocycles. The van der Waals surface area contributed by atoms with E-state index in [0.717, 1.165) is 38.6 Å². The van der Waals surface area contributed by atoms with E-state index in [1.807, 2.05) is 11.8 Å². The maximum atomic E-state index is 10.0. The van der Waals surface area contributed by atoms with Crippen LogP contribution in [0.5, 0.6) is 0 Å². The van der Waals surface area contributed by atoms with E-state index >= 15 is 0 Å². The molecule has 1 N–H and O–H groups in total. The van der Waals surface area contributed by atoms with Crippen LogP contribution < -0.4 is 0 Å². The molecule has 2 aliphatic heterocycles. The van der Waals surface area contributed by atoms with Crippen LogP contribution in [0.15, 0.2) is 0 Å². The molecule has 3 nitrogen and oxygen atoms in total. The Morgan fingerprint density at radius 1 is 1.43 bits per heavy atom. The van der Waals surface area contributed by atoms with E-state index < -0.39 is 0 Å². The number of rotatable bonds is 3. The normalized spacial score (nSPS) is 31.9. The molecule has 2 unspecified atom stereocenters. The number of hydrogen-bond acceptors (Lipinski definition) is 4. The molecule has 0 bridgehead atoms. The van der Waals surface area contributed by atoms with Gasteiger partial charge in [-0.15, -0.1) is 0 Å². The van der Waals surface area contributed by atoms with Gasteiger partial charge in [-0.3, -0.25) is 4.90 Å². The molecule has 2 atom stereocenters. The summed E-state index contributed by atoms with van der Waals surface area (Å²) in [4.78, 5) is 2.32. The molecule has 2 aliphatic rings. The fourth-order valence-corrected chi connectivity index (χ4v) is 3.38. The van der Waals surface area contributed by atoms with Gasteiger partial charge in [-0.25, -0.2) is 0 Å². The summed E-state index contributed by atoms with van der Waals surface area (Å²) in [5.74, 6) is 2.90. The molecule has 0 aliphatic carbocycles. The van der Waals surface area contributed by atoms with Crippen molar-refractivity contribution in [3.8, 4) is 0 Å². The van der Waals surface area contributed by atoms with Crippen molar-refractivity contribution in [1.29, 1.82) is 0 Å². The Labute approximate surface area is 89.8 Å². The van der Waals surface area contributed by atoms with E-state index in [1.54, 1.807) is 0 Å². The average Bonchev–Trinajstić information content (AvgIpc) is 2.72. The van der Waals surface area contributed by atoms with Crippen LogP contribution in [-0.4, -0.2) is 60.5 Å². The minimum absolute atomic E-state index is 0.122. The monoisotopic (exact) mass is 217 g/mol. The van der Waals surface area contributed by atoms with Crippen LogP contribution in [0.3, 0.4) is 0 Å². The molecule has 2 rings (SSSR count). The van der Waals surface area contributed by atoms with Crippen LogP contribution in [0, 0.1) is 5.92 Å². The number of nitrogens with zero attached hydrogens (tertiary/aromatic N) is 1. The molecule has 0 spiro atoms. The molecule has 0 aromatic rings. The maximum Gasteiger partial charge on any atom is 0.0703 e. The Balaban J connectivity index is 1.72. The number of β-amino-alcohol motifs (C(OH)–C–C–N with tert-alkyl or cyclic N) is 1. The summed E-state index contributed by atoms with van der Waals surface area (Å²) in [5.41, 5.74) is 0. The molecule has 4 heteroatoms. The number of aliphatic hydroxyl groups excluding tert-OH is 1. The Hall–Kier alpha value is 0.230. The molecule has 0 amide bonds. The highest BCUT2D eigenvalue weighted by Crippen LogP contribution is 2.26. The van der Waals surface area contributed by atoms with Crippen molar-refractivity contribution in [3.63, 3.8) is 0 Å². The van der Waals surface area contributed by atoms with E-state index in [1.165, 1.54) is 12.2 Å². The van der Waals surface area contributed by atoms with E-state index in [9.17, 15) is 5.11 Å². The van der Waals surface area contributed by atoms with Gasteiger partial charge in [0.2, 0.25) is 0 Å². The van der Waals surface area contributed by atoms with E-state index in [-0.39, 0.29) is 6.10 Å².